The first-order chi connectivity index (χ1) is 8.86. The quantitative estimate of drug-likeness (QED) is 0.711. The molecule has 1 aliphatic heterocycles. The Balaban J connectivity index is 0. The van der Waals surface area contributed by atoms with Crippen molar-refractivity contribution < 1.29 is 34.4 Å². The van der Waals surface area contributed by atoms with Gasteiger partial charge in [-0.25, -0.2) is 4.79 Å². The Labute approximate surface area is 112 Å². The number of carboxylic acid groups (broad SMARTS) is 3. The summed E-state index contributed by atoms with van der Waals surface area (Å²) in [6.45, 7) is 9.34. The topological polar surface area (TPSA) is 121 Å². The van der Waals surface area contributed by atoms with Crippen molar-refractivity contribution in [3.63, 3.8) is 0 Å². The zero-order valence-corrected chi connectivity index (χ0v) is 11.8. The predicted molar refractivity (Wildman–Crippen MR) is 66.9 cm³/mol. The smallest absolute Gasteiger partial charge is 0.333 e. The van der Waals surface area contributed by atoms with Gasteiger partial charge in [-0.1, -0.05) is 27.7 Å². The van der Waals surface area contributed by atoms with Gasteiger partial charge in [0.05, 0.1) is 12.0 Å². The maximum atomic E-state index is 10.8. The van der Waals surface area contributed by atoms with E-state index in [0.717, 1.165) is 0 Å². The molecule has 4 unspecified atom stereocenters. The number of carboxylic acids is 3. The molecule has 4 atom stereocenters. The summed E-state index contributed by atoms with van der Waals surface area (Å²) in [5.74, 6) is -7.17. The highest BCUT2D eigenvalue weighted by Crippen LogP contribution is 2.33. The SMILES string of the molecule is CC.CC.CC1OC(C(=O)O)C(C(=O)O)C1C(=O)O. The molecule has 1 saturated heterocycles. The van der Waals surface area contributed by atoms with Crippen LogP contribution in [0.3, 0.4) is 0 Å². The molecular weight excluding hydrogens is 256 g/mol. The Morgan fingerprint density at radius 2 is 1.16 bits per heavy atom. The van der Waals surface area contributed by atoms with Crippen LogP contribution >= 0.6 is 0 Å². The molecule has 0 amide bonds. The molecule has 0 bridgehead atoms. The van der Waals surface area contributed by atoms with Gasteiger partial charge in [-0.15, -0.1) is 0 Å². The van der Waals surface area contributed by atoms with Crippen molar-refractivity contribution in [3.8, 4) is 0 Å². The van der Waals surface area contributed by atoms with E-state index in [1.165, 1.54) is 6.92 Å². The van der Waals surface area contributed by atoms with Crippen LogP contribution in [0.2, 0.25) is 0 Å². The van der Waals surface area contributed by atoms with Crippen LogP contribution < -0.4 is 0 Å². The molecular formula is C12H22O7. The van der Waals surface area contributed by atoms with Gasteiger partial charge in [0, 0.05) is 0 Å². The molecule has 0 aromatic carbocycles. The number of aliphatic carboxylic acids is 3. The molecule has 19 heavy (non-hydrogen) atoms. The van der Waals surface area contributed by atoms with Crippen LogP contribution in [0, 0.1) is 11.8 Å². The fourth-order valence-electron chi connectivity index (χ4n) is 1.73. The average Bonchev–Trinajstić information content (AvgIpc) is 2.72. The third-order valence-corrected chi connectivity index (χ3v) is 2.39. The molecule has 0 aromatic heterocycles. The summed E-state index contributed by atoms with van der Waals surface area (Å²) in [4.78, 5) is 32.2. The van der Waals surface area contributed by atoms with Crippen LogP contribution in [0.5, 0.6) is 0 Å². The van der Waals surface area contributed by atoms with Crippen molar-refractivity contribution in [1.29, 1.82) is 0 Å². The number of carbonyl (C=O) groups is 3. The highest BCUT2D eigenvalue weighted by atomic mass is 16.5. The second-order valence-corrected chi connectivity index (χ2v) is 3.33. The van der Waals surface area contributed by atoms with E-state index in [1.54, 1.807) is 0 Å². The molecule has 7 heteroatoms. The number of hydrogen-bond acceptors (Lipinski definition) is 4. The molecule has 1 rings (SSSR count). The average molecular weight is 278 g/mol. The molecule has 0 spiro atoms. The van der Waals surface area contributed by atoms with Gasteiger partial charge in [0.1, 0.15) is 5.92 Å². The predicted octanol–water partition coefficient (Wildman–Crippen LogP) is 1.31. The highest BCUT2D eigenvalue weighted by molar-refractivity contribution is 5.88. The molecule has 0 aliphatic carbocycles. The van der Waals surface area contributed by atoms with E-state index in [0.29, 0.717) is 0 Å². The summed E-state index contributed by atoms with van der Waals surface area (Å²) >= 11 is 0. The number of hydrogen-bond donors (Lipinski definition) is 3. The third-order valence-electron chi connectivity index (χ3n) is 2.39. The van der Waals surface area contributed by atoms with Crippen molar-refractivity contribution in [2.24, 2.45) is 11.8 Å². The van der Waals surface area contributed by atoms with Crippen molar-refractivity contribution in [2.75, 3.05) is 0 Å². The lowest BCUT2D eigenvalue weighted by Crippen LogP contribution is -2.37. The summed E-state index contributed by atoms with van der Waals surface area (Å²) in [5, 5.41) is 26.2. The molecule has 0 radical (unpaired) electrons. The van der Waals surface area contributed by atoms with Crippen LogP contribution in [0.15, 0.2) is 0 Å². The normalized spacial score (nSPS) is 28.3. The molecule has 0 aromatic rings. The van der Waals surface area contributed by atoms with Crippen LogP contribution in [0.1, 0.15) is 34.6 Å². The van der Waals surface area contributed by atoms with Gasteiger partial charge >= 0.3 is 17.9 Å². The molecule has 0 saturated carbocycles. The summed E-state index contributed by atoms with van der Waals surface area (Å²) in [7, 11) is 0. The lowest BCUT2D eigenvalue weighted by atomic mass is 9.87. The standard InChI is InChI=1S/C8H10O7.2C2H6/c1-2-3(6(9)10)4(7(11)12)5(15-2)8(13)14;2*1-2/h2-5H,1H3,(H,9,10)(H,11,12)(H,13,14);2*1-2H3. The van der Waals surface area contributed by atoms with E-state index in [1.807, 2.05) is 27.7 Å². The number of ether oxygens (including phenoxy) is 1. The highest BCUT2D eigenvalue weighted by Gasteiger charge is 2.53. The first-order valence-electron chi connectivity index (χ1n) is 6.20. The third kappa shape index (κ3) is 4.86. The van der Waals surface area contributed by atoms with Crippen LogP contribution in [-0.4, -0.2) is 45.4 Å². The van der Waals surface area contributed by atoms with Crippen LogP contribution in [0.25, 0.3) is 0 Å². The van der Waals surface area contributed by atoms with E-state index >= 15 is 0 Å². The number of rotatable bonds is 3. The Morgan fingerprint density at radius 1 is 0.789 bits per heavy atom. The van der Waals surface area contributed by atoms with Gasteiger partial charge in [-0.2, -0.15) is 0 Å². The minimum atomic E-state index is -1.60. The van der Waals surface area contributed by atoms with E-state index in [-0.39, 0.29) is 0 Å². The van der Waals surface area contributed by atoms with Gasteiger partial charge in [-0.3, -0.25) is 9.59 Å². The minimum Gasteiger partial charge on any atom is -0.481 e. The zero-order chi connectivity index (χ0) is 15.7. The van der Waals surface area contributed by atoms with E-state index in [2.05, 4.69) is 0 Å². The second-order valence-electron chi connectivity index (χ2n) is 3.33. The first-order valence-corrected chi connectivity index (χ1v) is 6.20. The Morgan fingerprint density at radius 3 is 1.42 bits per heavy atom. The second kappa shape index (κ2) is 9.32. The zero-order valence-electron chi connectivity index (χ0n) is 11.8. The lowest BCUT2D eigenvalue weighted by Gasteiger charge is -2.13. The molecule has 1 heterocycles. The Hall–Kier alpha value is -1.63. The van der Waals surface area contributed by atoms with Crippen molar-refractivity contribution in [2.45, 2.75) is 46.8 Å². The van der Waals surface area contributed by atoms with Gasteiger partial charge in [0.15, 0.2) is 6.10 Å². The summed E-state index contributed by atoms with van der Waals surface area (Å²) in [6, 6.07) is 0. The Kier molecular flexibility index (Phi) is 9.67. The maximum absolute atomic E-state index is 10.8. The molecule has 112 valence electrons. The van der Waals surface area contributed by atoms with Gasteiger partial charge in [-0.05, 0) is 6.92 Å². The molecule has 3 N–H and O–H groups in total. The van der Waals surface area contributed by atoms with Crippen molar-refractivity contribution in [1.82, 2.24) is 0 Å². The van der Waals surface area contributed by atoms with E-state index in [9.17, 15) is 14.4 Å². The maximum Gasteiger partial charge on any atom is 0.333 e. The fourth-order valence-corrected chi connectivity index (χ4v) is 1.73. The lowest BCUT2D eigenvalue weighted by molar-refractivity contribution is -0.159. The summed E-state index contributed by atoms with van der Waals surface area (Å²) in [5.41, 5.74) is 0. The van der Waals surface area contributed by atoms with Gasteiger partial charge in [0.25, 0.3) is 0 Å². The largest absolute Gasteiger partial charge is 0.481 e. The van der Waals surface area contributed by atoms with Gasteiger partial charge < -0.3 is 20.1 Å². The fraction of sp³-hybridized carbons (Fsp3) is 0.750. The van der Waals surface area contributed by atoms with Crippen molar-refractivity contribution in [3.05, 3.63) is 0 Å². The van der Waals surface area contributed by atoms with Crippen LogP contribution in [0.4, 0.5) is 0 Å². The van der Waals surface area contributed by atoms with Gasteiger partial charge in [0.2, 0.25) is 0 Å². The monoisotopic (exact) mass is 278 g/mol. The first kappa shape index (κ1) is 19.7. The summed E-state index contributed by atoms with van der Waals surface area (Å²) in [6.07, 6.45) is -2.52. The minimum absolute atomic E-state index is 0.926. The molecule has 7 nitrogen and oxygen atoms in total. The summed E-state index contributed by atoms with van der Waals surface area (Å²) < 4.78 is 4.81. The Bertz CT molecular complexity index is 313. The van der Waals surface area contributed by atoms with Crippen LogP contribution in [-0.2, 0) is 19.1 Å². The van der Waals surface area contributed by atoms with Crippen molar-refractivity contribution >= 4 is 17.9 Å². The van der Waals surface area contributed by atoms with E-state index < -0.39 is 42.0 Å². The van der Waals surface area contributed by atoms with E-state index in [4.69, 9.17) is 20.1 Å². The molecule has 1 fully saturated rings. The molecule has 1 aliphatic rings.